The molecule has 2 aromatic rings. The summed E-state index contributed by atoms with van der Waals surface area (Å²) >= 11 is 0. The molecule has 3 heterocycles. The van der Waals surface area contributed by atoms with Gasteiger partial charge in [0.05, 0.1) is 4.92 Å². The minimum atomic E-state index is -0.430. The van der Waals surface area contributed by atoms with Gasteiger partial charge in [0.2, 0.25) is 18.4 Å². The van der Waals surface area contributed by atoms with Crippen LogP contribution in [0.25, 0.3) is 0 Å². The highest BCUT2D eigenvalue weighted by molar-refractivity contribution is 5.70. The van der Waals surface area contributed by atoms with Crippen LogP contribution in [0.1, 0.15) is 26.3 Å². The molecule has 0 aliphatic carbocycles. The second kappa shape index (κ2) is 8.52. The number of aromatic nitrogens is 2. The number of fused-ring (bicyclic) bond motifs is 1. The summed E-state index contributed by atoms with van der Waals surface area (Å²) < 4.78 is 10.8. The molecule has 2 N–H and O–H groups in total. The van der Waals surface area contributed by atoms with Crippen LogP contribution in [0.2, 0.25) is 0 Å². The van der Waals surface area contributed by atoms with E-state index in [0.29, 0.717) is 18.9 Å². The minimum absolute atomic E-state index is 0.122. The number of ether oxygens (including phenoxy) is 2. The van der Waals surface area contributed by atoms with Gasteiger partial charge in [-0.3, -0.25) is 20.4 Å². The zero-order valence-corrected chi connectivity index (χ0v) is 17.9. The summed E-state index contributed by atoms with van der Waals surface area (Å²) in [5, 5.41) is 11.8. The average molecular weight is 429 g/mol. The molecule has 0 bridgehead atoms. The number of anilines is 2. The fourth-order valence-electron chi connectivity index (χ4n) is 3.52. The number of hydrogen-bond donors (Lipinski definition) is 2. The first-order chi connectivity index (χ1) is 14.8. The molecule has 1 aromatic carbocycles. The molecule has 166 valence electrons. The van der Waals surface area contributed by atoms with Crippen LogP contribution in [0.3, 0.4) is 0 Å². The molecule has 0 unspecified atom stereocenters. The maximum absolute atomic E-state index is 11.8. The molecule has 1 aromatic heterocycles. The fraction of sp³-hybridized carbons (Fsp3) is 0.500. The van der Waals surface area contributed by atoms with Crippen molar-refractivity contribution in [2.24, 2.45) is 0 Å². The van der Waals surface area contributed by atoms with Crippen LogP contribution in [0.4, 0.5) is 17.3 Å². The van der Waals surface area contributed by atoms with E-state index in [1.807, 2.05) is 43.9 Å². The molecule has 2 aliphatic heterocycles. The Morgan fingerprint density at radius 2 is 1.87 bits per heavy atom. The van der Waals surface area contributed by atoms with Crippen molar-refractivity contribution in [3.05, 3.63) is 40.2 Å². The third-order valence-electron chi connectivity index (χ3n) is 5.06. The Balaban J connectivity index is 1.42. The van der Waals surface area contributed by atoms with Crippen LogP contribution in [0.5, 0.6) is 11.5 Å². The standard InChI is InChI=1S/C20H27N7O4/c1-20(2,3)24-23-18-17(27(28)29)19(22-12-21-18)26-8-6-25(7-9-26)11-14-4-5-15-16(10-14)31-13-30-15/h4-5,10,12,24H,6-9,11,13H2,1-3H3,(H,21,22,23). The number of hydrogen-bond acceptors (Lipinski definition) is 10. The molecule has 31 heavy (non-hydrogen) atoms. The molecule has 4 rings (SSSR count). The lowest BCUT2D eigenvalue weighted by Crippen LogP contribution is -2.46. The van der Waals surface area contributed by atoms with Crippen LogP contribution >= 0.6 is 0 Å². The van der Waals surface area contributed by atoms with Gasteiger partial charge in [0.25, 0.3) is 0 Å². The molecule has 11 nitrogen and oxygen atoms in total. The summed E-state index contributed by atoms with van der Waals surface area (Å²) in [7, 11) is 0. The lowest BCUT2D eigenvalue weighted by atomic mass is 10.1. The molecule has 0 amide bonds. The lowest BCUT2D eigenvalue weighted by Gasteiger charge is -2.35. The SMILES string of the molecule is CC(C)(C)NNc1ncnc(N2CCN(Cc3ccc4c(c3)OCO4)CC2)c1[N+](=O)[O-]. The summed E-state index contributed by atoms with van der Waals surface area (Å²) in [4.78, 5) is 23.9. The van der Waals surface area contributed by atoms with Crippen LogP contribution in [-0.2, 0) is 6.54 Å². The molecule has 2 aliphatic rings. The first-order valence-corrected chi connectivity index (χ1v) is 10.2. The van der Waals surface area contributed by atoms with Crippen LogP contribution in [0.15, 0.2) is 24.5 Å². The molecular weight excluding hydrogens is 402 g/mol. The highest BCUT2D eigenvalue weighted by atomic mass is 16.7. The summed E-state index contributed by atoms with van der Waals surface area (Å²) in [5.74, 6) is 2.04. The third-order valence-corrected chi connectivity index (χ3v) is 5.06. The molecule has 0 spiro atoms. The zero-order chi connectivity index (χ0) is 22.0. The van der Waals surface area contributed by atoms with Crippen LogP contribution < -0.4 is 25.2 Å². The average Bonchev–Trinajstić information content (AvgIpc) is 3.20. The maximum atomic E-state index is 11.8. The number of nitrogens with zero attached hydrogens (tertiary/aromatic N) is 5. The summed E-state index contributed by atoms with van der Waals surface area (Å²) in [6, 6.07) is 5.97. The Kier molecular flexibility index (Phi) is 5.79. The number of hydrazine groups is 1. The number of nitrogens with one attached hydrogen (secondary N) is 2. The first-order valence-electron chi connectivity index (χ1n) is 10.2. The topological polar surface area (TPSA) is 118 Å². The van der Waals surface area contributed by atoms with E-state index in [1.165, 1.54) is 6.33 Å². The van der Waals surface area contributed by atoms with Crippen LogP contribution in [0, 0.1) is 10.1 Å². The lowest BCUT2D eigenvalue weighted by molar-refractivity contribution is -0.383. The zero-order valence-electron chi connectivity index (χ0n) is 17.9. The van der Waals surface area contributed by atoms with E-state index >= 15 is 0 Å². The van der Waals surface area contributed by atoms with Crippen molar-refractivity contribution < 1.29 is 14.4 Å². The van der Waals surface area contributed by atoms with Gasteiger partial charge in [0, 0.05) is 38.3 Å². The minimum Gasteiger partial charge on any atom is -0.454 e. The van der Waals surface area contributed by atoms with E-state index in [9.17, 15) is 10.1 Å². The number of rotatable bonds is 6. The smallest absolute Gasteiger partial charge is 0.354 e. The van der Waals surface area contributed by atoms with Crippen LogP contribution in [-0.4, -0.2) is 58.3 Å². The van der Waals surface area contributed by atoms with Crippen molar-refractivity contribution in [1.82, 2.24) is 20.3 Å². The Morgan fingerprint density at radius 3 is 2.58 bits per heavy atom. The van der Waals surface area contributed by atoms with Crippen molar-refractivity contribution in [2.75, 3.05) is 43.3 Å². The molecule has 1 fully saturated rings. The van der Waals surface area contributed by atoms with Gasteiger partial charge in [-0.2, -0.15) is 0 Å². The van der Waals surface area contributed by atoms with Gasteiger partial charge >= 0.3 is 5.69 Å². The molecule has 0 atom stereocenters. The fourth-order valence-corrected chi connectivity index (χ4v) is 3.52. The van der Waals surface area contributed by atoms with Crippen molar-refractivity contribution in [3.63, 3.8) is 0 Å². The number of piperazine rings is 1. The van der Waals surface area contributed by atoms with Crippen molar-refractivity contribution >= 4 is 17.3 Å². The molecule has 1 saturated heterocycles. The monoisotopic (exact) mass is 429 g/mol. The highest BCUT2D eigenvalue weighted by Crippen LogP contribution is 2.34. The summed E-state index contributed by atoms with van der Waals surface area (Å²) in [5.41, 5.74) is 6.64. The van der Waals surface area contributed by atoms with Gasteiger partial charge in [-0.1, -0.05) is 6.07 Å². The predicted molar refractivity (Wildman–Crippen MR) is 115 cm³/mol. The molecular formula is C20H27N7O4. The van der Waals surface area contributed by atoms with E-state index in [4.69, 9.17) is 9.47 Å². The molecule has 0 saturated carbocycles. The summed E-state index contributed by atoms with van der Waals surface area (Å²) in [6.45, 7) is 9.68. The Morgan fingerprint density at radius 1 is 1.13 bits per heavy atom. The number of benzene rings is 1. The van der Waals surface area contributed by atoms with Gasteiger partial charge in [0.15, 0.2) is 11.5 Å². The third kappa shape index (κ3) is 4.94. The van der Waals surface area contributed by atoms with Crippen molar-refractivity contribution in [2.45, 2.75) is 32.9 Å². The first kappa shape index (κ1) is 21.1. The highest BCUT2D eigenvalue weighted by Gasteiger charge is 2.30. The largest absolute Gasteiger partial charge is 0.454 e. The Bertz CT molecular complexity index is 955. The normalized spacial score (nSPS) is 16.4. The predicted octanol–water partition coefficient (Wildman–Crippen LogP) is 2.15. The van der Waals surface area contributed by atoms with Crippen molar-refractivity contribution in [1.29, 1.82) is 0 Å². The van der Waals surface area contributed by atoms with E-state index in [2.05, 4.69) is 25.7 Å². The van der Waals surface area contributed by atoms with Gasteiger partial charge < -0.3 is 14.4 Å². The van der Waals surface area contributed by atoms with E-state index in [0.717, 1.165) is 36.7 Å². The molecule has 11 heteroatoms. The molecule has 0 radical (unpaired) electrons. The van der Waals surface area contributed by atoms with E-state index < -0.39 is 4.92 Å². The second-order valence-corrected chi connectivity index (χ2v) is 8.60. The number of nitro groups is 1. The van der Waals surface area contributed by atoms with Crippen molar-refractivity contribution in [3.8, 4) is 11.5 Å². The van der Waals surface area contributed by atoms with Gasteiger partial charge in [-0.05, 0) is 38.5 Å². The van der Waals surface area contributed by atoms with Gasteiger partial charge in [-0.15, -0.1) is 0 Å². The van der Waals surface area contributed by atoms with E-state index in [-0.39, 0.29) is 23.8 Å². The quantitative estimate of drug-likeness (QED) is 0.522. The van der Waals surface area contributed by atoms with E-state index in [1.54, 1.807) is 0 Å². The van der Waals surface area contributed by atoms with Gasteiger partial charge in [0.1, 0.15) is 6.33 Å². The maximum Gasteiger partial charge on any atom is 0.354 e. The Hall–Kier alpha value is -3.18. The second-order valence-electron chi connectivity index (χ2n) is 8.60. The Labute approximate surface area is 180 Å². The summed E-state index contributed by atoms with van der Waals surface area (Å²) in [6.07, 6.45) is 1.36. The van der Waals surface area contributed by atoms with Gasteiger partial charge in [-0.25, -0.2) is 15.4 Å².